The summed E-state index contributed by atoms with van der Waals surface area (Å²) in [6.07, 6.45) is 3.97. The van der Waals surface area contributed by atoms with Crippen molar-refractivity contribution in [1.82, 2.24) is 15.3 Å². The predicted molar refractivity (Wildman–Crippen MR) is 111 cm³/mol. The minimum Gasteiger partial charge on any atom is -0.342 e. The van der Waals surface area contributed by atoms with Crippen molar-refractivity contribution in [2.24, 2.45) is 5.92 Å². The lowest BCUT2D eigenvalue weighted by Gasteiger charge is -2.21. The van der Waals surface area contributed by atoms with Crippen LogP contribution in [0.15, 0.2) is 48.5 Å². The van der Waals surface area contributed by atoms with Gasteiger partial charge in [0.25, 0.3) is 0 Å². The molecule has 0 saturated heterocycles. The zero-order chi connectivity index (χ0) is 19.2. The van der Waals surface area contributed by atoms with Crippen molar-refractivity contribution in [3.05, 3.63) is 65.5 Å². The highest BCUT2D eigenvalue weighted by molar-refractivity contribution is 5.80. The number of unbranched alkanes of at least 4 members (excludes halogenated alkanes) is 1. The van der Waals surface area contributed by atoms with E-state index in [-0.39, 0.29) is 17.9 Å². The van der Waals surface area contributed by atoms with Crippen molar-refractivity contribution in [1.29, 1.82) is 0 Å². The average molecular weight is 364 g/mol. The number of hydrogen-bond donors (Lipinski definition) is 2. The maximum atomic E-state index is 13.0. The van der Waals surface area contributed by atoms with Gasteiger partial charge >= 0.3 is 0 Å². The highest BCUT2D eigenvalue weighted by Gasteiger charge is 2.24. The lowest BCUT2D eigenvalue weighted by Crippen LogP contribution is -2.35. The van der Waals surface area contributed by atoms with Crippen LogP contribution in [0.4, 0.5) is 0 Å². The van der Waals surface area contributed by atoms with Crippen molar-refractivity contribution in [3.8, 4) is 0 Å². The first-order valence-corrected chi connectivity index (χ1v) is 9.94. The molecule has 0 saturated carbocycles. The summed E-state index contributed by atoms with van der Waals surface area (Å²) in [6.45, 7) is 6.31. The number of amides is 1. The Morgan fingerprint density at radius 2 is 1.93 bits per heavy atom. The molecule has 4 nitrogen and oxygen atoms in total. The predicted octanol–water partition coefficient (Wildman–Crippen LogP) is 5.29. The lowest BCUT2D eigenvalue weighted by molar-refractivity contribution is -0.125. The van der Waals surface area contributed by atoms with E-state index in [1.165, 1.54) is 5.56 Å². The van der Waals surface area contributed by atoms with Crippen molar-refractivity contribution in [2.75, 3.05) is 0 Å². The Balaban J connectivity index is 1.92. The number of nitrogens with zero attached hydrogens (tertiary/aromatic N) is 1. The number of imidazole rings is 1. The molecule has 27 heavy (non-hydrogen) atoms. The smallest absolute Gasteiger partial charge is 0.223 e. The Morgan fingerprint density at radius 3 is 2.63 bits per heavy atom. The number of benzene rings is 2. The summed E-state index contributed by atoms with van der Waals surface area (Å²) in [5, 5.41) is 3.25. The number of nitrogens with one attached hydrogen (secondary N) is 2. The van der Waals surface area contributed by atoms with Gasteiger partial charge in [0.1, 0.15) is 11.9 Å². The summed E-state index contributed by atoms with van der Waals surface area (Å²) in [4.78, 5) is 21.1. The molecule has 0 aliphatic carbocycles. The third-order valence-electron chi connectivity index (χ3n) is 5.12. The van der Waals surface area contributed by atoms with Crippen LogP contribution in [0.2, 0.25) is 0 Å². The fraction of sp³-hybridized carbons (Fsp3) is 0.391. The Morgan fingerprint density at radius 1 is 1.15 bits per heavy atom. The van der Waals surface area contributed by atoms with E-state index in [0.29, 0.717) is 0 Å². The molecule has 1 heterocycles. The van der Waals surface area contributed by atoms with Crippen molar-refractivity contribution in [3.63, 3.8) is 0 Å². The zero-order valence-electron chi connectivity index (χ0n) is 16.5. The van der Waals surface area contributed by atoms with E-state index in [1.807, 2.05) is 36.4 Å². The van der Waals surface area contributed by atoms with E-state index >= 15 is 0 Å². The zero-order valence-corrected chi connectivity index (χ0v) is 16.5. The van der Waals surface area contributed by atoms with E-state index in [2.05, 4.69) is 43.2 Å². The first kappa shape index (κ1) is 19.2. The largest absolute Gasteiger partial charge is 0.342 e. The number of aromatic nitrogens is 2. The summed E-state index contributed by atoms with van der Waals surface area (Å²) in [5.41, 5.74) is 4.14. The molecule has 0 fully saturated rings. The standard InChI is InChI=1S/C23H29N3O/c1-4-6-10-17(5-2)23(27)26-21(18-11-8-7-9-12-18)22-24-19-14-13-16(3)15-20(19)25-22/h7-9,11-15,17,21H,4-6,10H2,1-3H3,(H,24,25)(H,26,27). The third-order valence-corrected chi connectivity index (χ3v) is 5.12. The summed E-state index contributed by atoms with van der Waals surface area (Å²) >= 11 is 0. The normalized spacial score (nSPS) is 13.4. The highest BCUT2D eigenvalue weighted by atomic mass is 16.1. The Kier molecular flexibility index (Phi) is 6.28. The van der Waals surface area contributed by atoms with Crippen LogP contribution in [0.1, 0.15) is 62.5 Å². The van der Waals surface area contributed by atoms with E-state index < -0.39 is 0 Å². The second kappa shape index (κ2) is 8.85. The maximum absolute atomic E-state index is 13.0. The molecular formula is C23H29N3O. The molecule has 0 bridgehead atoms. The molecule has 0 aliphatic rings. The molecule has 1 amide bonds. The van der Waals surface area contributed by atoms with Gasteiger partial charge in [-0.3, -0.25) is 4.79 Å². The van der Waals surface area contributed by atoms with Crippen molar-refractivity contribution < 1.29 is 4.79 Å². The topological polar surface area (TPSA) is 57.8 Å². The fourth-order valence-corrected chi connectivity index (χ4v) is 3.47. The van der Waals surface area contributed by atoms with Gasteiger partial charge in [0, 0.05) is 5.92 Å². The van der Waals surface area contributed by atoms with Crippen LogP contribution in [0.3, 0.4) is 0 Å². The first-order chi connectivity index (χ1) is 13.1. The van der Waals surface area contributed by atoms with Gasteiger partial charge < -0.3 is 10.3 Å². The van der Waals surface area contributed by atoms with Crippen LogP contribution >= 0.6 is 0 Å². The summed E-state index contributed by atoms with van der Waals surface area (Å²) in [7, 11) is 0. The number of carbonyl (C=O) groups is 1. The number of carbonyl (C=O) groups excluding carboxylic acids is 1. The van der Waals surface area contributed by atoms with E-state index in [4.69, 9.17) is 4.98 Å². The van der Waals surface area contributed by atoms with E-state index in [0.717, 1.165) is 48.1 Å². The van der Waals surface area contributed by atoms with Gasteiger partial charge in [0.2, 0.25) is 5.91 Å². The number of aryl methyl sites for hydroxylation is 1. The second-order valence-electron chi connectivity index (χ2n) is 7.24. The van der Waals surface area contributed by atoms with E-state index in [1.54, 1.807) is 0 Å². The van der Waals surface area contributed by atoms with Crippen LogP contribution in [0.5, 0.6) is 0 Å². The van der Waals surface area contributed by atoms with Crippen LogP contribution in [0, 0.1) is 12.8 Å². The molecule has 2 atom stereocenters. The fourth-order valence-electron chi connectivity index (χ4n) is 3.47. The molecule has 3 rings (SSSR count). The summed E-state index contributed by atoms with van der Waals surface area (Å²) in [6, 6.07) is 15.9. The second-order valence-corrected chi connectivity index (χ2v) is 7.24. The molecular weight excluding hydrogens is 334 g/mol. The van der Waals surface area contributed by atoms with Gasteiger partial charge in [-0.25, -0.2) is 4.98 Å². The average Bonchev–Trinajstić information content (AvgIpc) is 3.10. The maximum Gasteiger partial charge on any atom is 0.223 e. The molecule has 1 aromatic heterocycles. The highest BCUT2D eigenvalue weighted by Crippen LogP contribution is 2.24. The Labute approximate surface area is 161 Å². The molecule has 3 aromatic rings. The number of fused-ring (bicyclic) bond motifs is 1. The Bertz CT molecular complexity index is 885. The van der Waals surface area contributed by atoms with Gasteiger partial charge in [-0.15, -0.1) is 0 Å². The SMILES string of the molecule is CCCCC(CC)C(=O)NC(c1ccccc1)c1nc2ccc(C)cc2[nH]1. The number of H-pyrrole nitrogens is 1. The van der Waals surface area contributed by atoms with Crippen molar-refractivity contribution >= 4 is 16.9 Å². The number of aromatic amines is 1. The molecule has 2 unspecified atom stereocenters. The molecule has 142 valence electrons. The summed E-state index contributed by atoms with van der Waals surface area (Å²) in [5.74, 6) is 0.930. The van der Waals surface area contributed by atoms with Gasteiger partial charge in [0.15, 0.2) is 0 Å². The van der Waals surface area contributed by atoms with Gasteiger partial charge in [0.05, 0.1) is 11.0 Å². The molecule has 0 aliphatic heterocycles. The van der Waals surface area contributed by atoms with Crippen LogP contribution in [0.25, 0.3) is 11.0 Å². The van der Waals surface area contributed by atoms with Gasteiger partial charge in [-0.05, 0) is 43.0 Å². The Hall–Kier alpha value is -2.62. The van der Waals surface area contributed by atoms with Crippen molar-refractivity contribution in [2.45, 2.75) is 52.5 Å². The number of rotatable bonds is 8. The van der Waals surface area contributed by atoms with Crippen LogP contribution in [-0.2, 0) is 4.79 Å². The minimum absolute atomic E-state index is 0.0442. The van der Waals surface area contributed by atoms with Crippen LogP contribution < -0.4 is 5.32 Å². The van der Waals surface area contributed by atoms with Crippen LogP contribution in [-0.4, -0.2) is 15.9 Å². The quantitative estimate of drug-likeness (QED) is 0.571. The van der Waals surface area contributed by atoms with E-state index in [9.17, 15) is 4.79 Å². The van der Waals surface area contributed by atoms with Gasteiger partial charge in [-0.2, -0.15) is 0 Å². The molecule has 2 N–H and O–H groups in total. The molecule has 0 radical (unpaired) electrons. The molecule has 2 aromatic carbocycles. The molecule has 0 spiro atoms. The van der Waals surface area contributed by atoms with Gasteiger partial charge in [-0.1, -0.05) is 63.1 Å². The first-order valence-electron chi connectivity index (χ1n) is 9.94. The number of hydrogen-bond acceptors (Lipinski definition) is 2. The molecule has 4 heteroatoms. The lowest BCUT2D eigenvalue weighted by atomic mass is 9.97. The third kappa shape index (κ3) is 4.57. The minimum atomic E-state index is -0.276. The summed E-state index contributed by atoms with van der Waals surface area (Å²) < 4.78 is 0. The monoisotopic (exact) mass is 363 g/mol.